The predicted molar refractivity (Wildman–Crippen MR) is 158 cm³/mol. The zero-order chi connectivity index (χ0) is 26.9. The summed E-state index contributed by atoms with van der Waals surface area (Å²) in [5.41, 5.74) is 6.95. The Morgan fingerprint density at radius 1 is 0.974 bits per heavy atom. The van der Waals surface area contributed by atoms with E-state index in [4.69, 9.17) is 5.10 Å². The summed E-state index contributed by atoms with van der Waals surface area (Å²) in [5, 5.41) is 8.18. The van der Waals surface area contributed by atoms with Gasteiger partial charge in [-0.1, -0.05) is 55.5 Å². The lowest BCUT2D eigenvalue weighted by Gasteiger charge is -2.31. The fourth-order valence-electron chi connectivity index (χ4n) is 5.42. The Bertz CT molecular complexity index is 1620. The predicted octanol–water partition coefficient (Wildman–Crippen LogP) is 7.39. The topological polar surface area (TPSA) is 55.1 Å². The molecule has 3 aromatic carbocycles. The first kappa shape index (κ1) is 25.1. The second-order valence-electron chi connectivity index (χ2n) is 9.68. The molecule has 0 radical (unpaired) electrons. The van der Waals surface area contributed by atoms with E-state index in [0.29, 0.717) is 6.54 Å². The van der Waals surface area contributed by atoms with Crippen molar-refractivity contribution in [1.29, 1.82) is 0 Å². The molecule has 39 heavy (non-hydrogen) atoms. The van der Waals surface area contributed by atoms with Crippen LogP contribution in [-0.2, 0) is 13.0 Å². The fourth-order valence-corrected chi connectivity index (χ4v) is 5.83. The lowest BCUT2D eigenvalue weighted by Crippen LogP contribution is -2.38. The molecular formula is C32H31N5OS. The summed E-state index contributed by atoms with van der Waals surface area (Å²) in [7, 11) is 0. The maximum absolute atomic E-state index is 14.2. The fraction of sp³-hybridized carbons (Fsp3) is 0.188. The number of anilines is 1. The second kappa shape index (κ2) is 10.5. The van der Waals surface area contributed by atoms with E-state index < -0.39 is 0 Å². The minimum absolute atomic E-state index is 0.137. The second-order valence-corrected chi connectivity index (χ2v) is 10.6. The molecule has 0 unspecified atom stereocenters. The van der Waals surface area contributed by atoms with Crippen molar-refractivity contribution in [1.82, 2.24) is 19.2 Å². The van der Waals surface area contributed by atoms with Crippen molar-refractivity contribution < 1.29 is 4.79 Å². The number of fused-ring (bicyclic) bond motifs is 3. The molecular weight excluding hydrogens is 502 g/mol. The van der Waals surface area contributed by atoms with Crippen molar-refractivity contribution in [3.8, 4) is 11.5 Å². The number of benzene rings is 3. The number of carbonyl (C=O) groups is 1. The summed E-state index contributed by atoms with van der Waals surface area (Å²) in [4.78, 5) is 17.3. The van der Waals surface area contributed by atoms with Crippen LogP contribution in [0.4, 0.5) is 10.5 Å². The Morgan fingerprint density at radius 2 is 1.72 bits per heavy atom. The summed E-state index contributed by atoms with van der Waals surface area (Å²) in [5.74, 6) is 0.966. The first-order valence-electron chi connectivity index (χ1n) is 13.2. The van der Waals surface area contributed by atoms with Gasteiger partial charge in [0.2, 0.25) is 0 Å². The number of nitrogens with zero attached hydrogens (tertiary/aromatic N) is 4. The molecule has 0 spiro atoms. The number of amides is 2. The van der Waals surface area contributed by atoms with E-state index in [9.17, 15) is 4.79 Å². The Kier molecular flexibility index (Phi) is 6.75. The van der Waals surface area contributed by atoms with E-state index in [1.54, 1.807) is 11.8 Å². The molecule has 0 bridgehead atoms. The van der Waals surface area contributed by atoms with E-state index in [1.807, 2.05) is 59.0 Å². The summed E-state index contributed by atoms with van der Waals surface area (Å²) in [6.45, 7) is 4.55. The van der Waals surface area contributed by atoms with Crippen LogP contribution in [0.2, 0.25) is 0 Å². The molecule has 5 aromatic rings. The van der Waals surface area contributed by atoms with E-state index in [0.717, 1.165) is 51.7 Å². The molecule has 2 amide bonds. The van der Waals surface area contributed by atoms with E-state index in [2.05, 4.69) is 77.8 Å². The largest absolute Gasteiger partial charge is 0.322 e. The molecule has 196 valence electrons. The number of thioether (sulfide) groups is 1. The molecule has 0 saturated heterocycles. The van der Waals surface area contributed by atoms with E-state index >= 15 is 0 Å². The molecule has 0 aliphatic carbocycles. The number of hydrogen-bond acceptors (Lipinski definition) is 3. The molecule has 0 saturated carbocycles. The summed E-state index contributed by atoms with van der Waals surface area (Å²) in [6, 6.07) is 30.5. The number of carbonyl (C=O) groups excluding carboxylic acids is 1. The first-order valence-corrected chi connectivity index (χ1v) is 14.4. The van der Waals surface area contributed by atoms with Crippen LogP contribution < -0.4 is 5.32 Å². The molecule has 3 heterocycles. The zero-order valence-electron chi connectivity index (χ0n) is 22.3. The highest BCUT2D eigenvalue weighted by Gasteiger charge is 2.36. The number of nitrogens with one attached hydrogen (secondary N) is 1. The number of hydrogen-bond donors (Lipinski definition) is 1. The number of para-hydroxylation sites is 2. The van der Waals surface area contributed by atoms with E-state index in [-0.39, 0.29) is 12.1 Å². The minimum Gasteiger partial charge on any atom is -0.308 e. The lowest BCUT2D eigenvalue weighted by molar-refractivity contribution is 0.194. The van der Waals surface area contributed by atoms with Gasteiger partial charge >= 0.3 is 6.03 Å². The van der Waals surface area contributed by atoms with Gasteiger partial charge in [-0.3, -0.25) is 0 Å². The molecule has 6 nitrogen and oxygen atoms in total. The van der Waals surface area contributed by atoms with Gasteiger partial charge in [0.15, 0.2) is 0 Å². The minimum atomic E-state index is -0.291. The van der Waals surface area contributed by atoms with Crippen molar-refractivity contribution >= 4 is 23.5 Å². The zero-order valence-corrected chi connectivity index (χ0v) is 23.2. The average molecular weight is 534 g/mol. The van der Waals surface area contributed by atoms with Gasteiger partial charge in [-0.05, 0) is 73.2 Å². The van der Waals surface area contributed by atoms with Crippen LogP contribution in [-0.4, -0.2) is 31.5 Å². The van der Waals surface area contributed by atoms with E-state index in [1.165, 1.54) is 4.90 Å². The average Bonchev–Trinajstić information content (AvgIpc) is 3.54. The van der Waals surface area contributed by atoms with Crippen LogP contribution in [0.3, 0.4) is 0 Å². The summed E-state index contributed by atoms with van der Waals surface area (Å²) in [6.07, 6.45) is 4.99. The maximum atomic E-state index is 14.2. The molecule has 1 N–H and O–H groups in total. The molecule has 0 fully saturated rings. The Hall–Kier alpha value is -4.23. The monoisotopic (exact) mass is 533 g/mol. The normalized spacial score (nSPS) is 14.4. The summed E-state index contributed by atoms with van der Waals surface area (Å²) >= 11 is 1.71. The third kappa shape index (κ3) is 4.53. The van der Waals surface area contributed by atoms with Crippen molar-refractivity contribution in [3.05, 3.63) is 125 Å². The van der Waals surface area contributed by atoms with Gasteiger partial charge in [-0.25, -0.2) is 9.48 Å². The van der Waals surface area contributed by atoms with Crippen molar-refractivity contribution in [2.45, 2.75) is 37.8 Å². The molecule has 6 rings (SSSR count). The smallest absolute Gasteiger partial charge is 0.308 e. The molecule has 1 atom stereocenters. The van der Waals surface area contributed by atoms with Gasteiger partial charge in [0.1, 0.15) is 5.82 Å². The van der Waals surface area contributed by atoms with Crippen LogP contribution in [0.5, 0.6) is 0 Å². The molecule has 7 heteroatoms. The summed E-state index contributed by atoms with van der Waals surface area (Å²) < 4.78 is 4.19. The molecule has 2 aromatic heterocycles. The maximum Gasteiger partial charge on any atom is 0.322 e. The number of rotatable bonds is 5. The van der Waals surface area contributed by atoms with Crippen molar-refractivity contribution in [2.75, 3.05) is 11.6 Å². The van der Waals surface area contributed by atoms with Gasteiger partial charge in [0.25, 0.3) is 0 Å². The number of aryl methyl sites for hydroxylation is 2. The van der Waals surface area contributed by atoms with Crippen LogP contribution in [0.15, 0.2) is 102 Å². The number of aromatic nitrogens is 3. The Morgan fingerprint density at radius 3 is 2.46 bits per heavy atom. The van der Waals surface area contributed by atoms with Crippen LogP contribution in [0.1, 0.15) is 41.0 Å². The van der Waals surface area contributed by atoms with Gasteiger partial charge in [0, 0.05) is 22.3 Å². The van der Waals surface area contributed by atoms with Gasteiger partial charge in [-0.2, -0.15) is 5.10 Å². The first-order chi connectivity index (χ1) is 19.1. The van der Waals surface area contributed by atoms with Crippen LogP contribution in [0.25, 0.3) is 11.5 Å². The third-order valence-electron chi connectivity index (χ3n) is 7.42. The highest BCUT2D eigenvalue weighted by Crippen LogP contribution is 2.39. The lowest BCUT2D eigenvalue weighted by atomic mass is 10.0. The quantitative estimate of drug-likeness (QED) is 0.240. The number of urea groups is 1. The Labute approximate surface area is 233 Å². The van der Waals surface area contributed by atoms with Crippen LogP contribution in [0, 0.1) is 6.92 Å². The highest BCUT2D eigenvalue weighted by atomic mass is 32.2. The van der Waals surface area contributed by atoms with Crippen molar-refractivity contribution in [2.24, 2.45) is 0 Å². The molecule has 1 aliphatic rings. The van der Waals surface area contributed by atoms with Crippen molar-refractivity contribution in [3.63, 3.8) is 0 Å². The SMILES string of the molecule is CCc1ccccc1NC(=O)N1Cc2c(C)nn(-c3ccccc3)c2-n2cccc2[C@@H]1c1ccc(SC)cc1. The van der Waals surface area contributed by atoms with Gasteiger partial charge in [-0.15, -0.1) is 11.8 Å². The van der Waals surface area contributed by atoms with Gasteiger partial charge in [0.05, 0.1) is 29.7 Å². The Balaban J connectivity index is 1.53. The third-order valence-corrected chi connectivity index (χ3v) is 8.16. The van der Waals surface area contributed by atoms with Crippen LogP contribution >= 0.6 is 11.8 Å². The molecule has 1 aliphatic heterocycles. The van der Waals surface area contributed by atoms with Gasteiger partial charge < -0.3 is 14.8 Å². The standard InChI is InChI=1S/C32H31N5OS/c1-4-23-11-8-9-14-28(23)33-32(38)36-21-27-22(2)34-37(25-12-6-5-7-13-25)31(27)35-20-10-15-29(35)30(36)24-16-18-26(39-3)19-17-24/h5-20,30H,4,21H2,1-3H3,(H,33,38)/t30-/m0/s1. The highest BCUT2D eigenvalue weighted by molar-refractivity contribution is 7.98.